The van der Waals surface area contributed by atoms with Gasteiger partial charge in [0.15, 0.2) is 11.5 Å². The van der Waals surface area contributed by atoms with Gasteiger partial charge in [-0.1, -0.05) is 24.3 Å². The number of hydrogen-bond acceptors (Lipinski definition) is 4. The van der Waals surface area contributed by atoms with Crippen LogP contribution in [-0.4, -0.2) is 19.6 Å². The summed E-state index contributed by atoms with van der Waals surface area (Å²) in [6.07, 6.45) is 0. The highest BCUT2D eigenvalue weighted by atomic mass is 79.9. The second-order valence-corrected chi connectivity index (χ2v) is 6.18. The number of ether oxygens (including phenoxy) is 1. The van der Waals surface area contributed by atoms with E-state index in [1.54, 1.807) is 4.52 Å². The Morgan fingerprint density at radius 2 is 1.87 bits per heavy atom. The van der Waals surface area contributed by atoms with Gasteiger partial charge in [0.05, 0.1) is 9.99 Å². The SMILES string of the molecule is S=c1nc2ccccc2c2nc(COc3ccccc3Br)[nH]n12. The zero-order valence-corrected chi connectivity index (χ0v) is 14.3. The van der Waals surface area contributed by atoms with Crippen molar-refractivity contribution in [3.63, 3.8) is 0 Å². The molecule has 0 saturated heterocycles. The van der Waals surface area contributed by atoms with E-state index in [-0.39, 0.29) is 0 Å². The first-order chi connectivity index (χ1) is 11.2. The topological polar surface area (TPSA) is 55.2 Å². The van der Waals surface area contributed by atoms with Crippen molar-refractivity contribution in [2.45, 2.75) is 6.61 Å². The molecule has 2 aromatic heterocycles. The molecule has 5 nitrogen and oxygen atoms in total. The molecule has 0 radical (unpaired) electrons. The van der Waals surface area contributed by atoms with Gasteiger partial charge in [-0.3, -0.25) is 5.10 Å². The molecule has 0 fully saturated rings. The summed E-state index contributed by atoms with van der Waals surface area (Å²) >= 11 is 8.79. The fourth-order valence-electron chi connectivity index (χ4n) is 2.39. The number of nitrogens with zero attached hydrogens (tertiary/aromatic N) is 3. The summed E-state index contributed by atoms with van der Waals surface area (Å²) in [6, 6.07) is 15.5. The van der Waals surface area contributed by atoms with Crippen LogP contribution in [-0.2, 0) is 6.61 Å². The Morgan fingerprint density at radius 1 is 1.09 bits per heavy atom. The van der Waals surface area contributed by atoms with Crippen LogP contribution in [0.25, 0.3) is 16.6 Å². The van der Waals surface area contributed by atoms with E-state index >= 15 is 0 Å². The van der Waals surface area contributed by atoms with E-state index in [9.17, 15) is 0 Å². The Bertz CT molecular complexity index is 1070. The van der Waals surface area contributed by atoms with Gasteiger partial charge in [0.25, 0.3) is 0 Å². The number of H-pyrrole nitrogens is 1. The van der Waals surface area contributed by atoms with E-state index in [4.69, 9.17) is 17.0 Å². The van der Waals surface area contributed by atoms with E-state index < -0.39 is 0 Å². The van der Waals surface area contributed by atoms with Crippen molar-refractivity contribution in [2.75, 3.05) is 0 Å². The zero-order valence-electron chi connectivity index (χ0n) is 11.9. The molecule has 0 bridgehead atoms. The highest BCUT2D eigenvalue weighted by molar-refractivity contribution is 9.10. The normalized spacial score (nSPS) is 11.2. The molecule has 4 rings (SSSR count). The molecule has 2 heterocycles. The Hall–Kier alpha value is -2.25. The number of hydrogen-bond donors (Lipinski definition) is 1. The largest absolute Gasteiger partial charge is 0.484 e. The average Bonchev–Trinajstić information content (AvgIpc) is 2.99. The lowest BCUT2D eigenvalue weighted by atomic mass is 10.2. The maximum atomic E-state index is 5.80. The molecular formula is C16H11BrN4OS. The second kappa shape index (κ2) is 5.75. The molecule has 0 saturated carbocycles. The maximum Gasteiger partial charge on any atom is 0.221 e. The van der Waals surface area contributed by atoms with E-state index in [0.29, 0.717) is 17.2 Å². The fraction of sp³-hybridized carbons (Fsp3) is 0.0625. The Morgan fingerprint density at radius 3 is 2.74 bits per heavy atom. The van der Waals surface area contributed by atoms with Crippen LogP contribution in [0.15, 0.2) is 53.0 Å². The number of rotatable bonds is 3. The van der Waals surface area contributed by atoms with Crippen molar-refractivity contribution in [1.29, 1.82) is 0 Å². The standard InChI is InChI=1S/C16H11BrN4OS/c17-11-6-2-4-8-13(11)22-9-14-19-15-10-5-1-3-7-12(10)18-16(23)21(15)20-14/h1-8H,9H2,(H,19,20). The Kier molecular flexibility index (Phi) is 3.59. The number of fused-ring (bicyclic) bond motifs is 3. The van der Waals surface area contributed by atoms with Gasteiger partial charge in [-0.05, 0) is 52.4 Å². The highest BCUT2D eigenvalue weighted by Crippen LogP contribution is 2.24. The third-order valence-corrected chi connectivity index (χ3v) is 4.38. The molecule has 0 aliphatic heterocycles. The summed E-state index contributed by atoms with van der Waals surface area (Å²) in [4.78, 5) is 9.01. The van der Waals surface area contributed by atoms with Gasteiger partial charge in [-0.25, -0.2) is 14.5 Å². The van der Waals surface area contributed by atoms with Crippen molar-refractivity contribution in [2.24, 2.45) is 0 Å². The highest BCUT2D eigenvalue weighted by Gasteiger charge is 2.09. The number of nitrogens with one attached hydrogen (secondary N) is 1. The fourth-order valence-corrected chi connectivity index (χ4v) is 3.02. The van der Waals surface area contributed by atoms with Crippen LogP contribution in [0.5, 0.6) is 5.75 Å². The second-order valence-electron chi connectivity index (χ2n) is 4.96. The van der Waals surface area contributed by atoms with Crippen LogP contribution in [0.2, 0.25) is 0 Å². The van der Waals surface area contributed by atoms with E-state index in [1.165, 1.54) is 0 Å². The summed E-state index contributed by atoms with van der Waals surface area (Å²) in [7, 11) is 0. The lowest BCUT2D eigenvalue weighted by Crippen LogP contribution is -1.99. The van der Waals surface area contributed by atoms with Crippen LogP contribution >= 0.6 is 28.1 Å². The van der Waals surface area contributed by atoms with Gasteiger partial charge >= 0.3 is 0 Å². The molecule has 1 N–H and O–H groups in total. The van der Waals surface area contributed by atoms with Crippen molar-refractivity contribution in [3.05, 3.63) is 63.6 Å². The maximum absolute atomic E-state index is 5.80. The van der Waals surface area contributed by atoms with Gasteiger partial charge in [0.1, 0.15) is 12.4 Å². The van der Waals surface area contributed by atoms with Gasteiger partial charge in [0, 0.05) is 5.39 Å². The number of benzene rings is 2. The van der Waals surface area contributed by atoms with E-state index in [1.807, 2.05) is 48.5 Å². The average molecular weight is 387 g/mol. The van der Waals surface area contributed by atoms with Crippen LogP contribution in [0, 0.1) is 4.77 Å². The minimum absolute atomic E-state index is 0.313. The lowest BCUT2D eigenvalue weighted by molar-refractivity contribution is 0.294. The lowest BCUT2D eigenvalue weighted by Gasteiger charge is -2.05. The van der Waals surface area contributed by atoms with Crippen LogP contribution in [0.3, 0.4) is 0 Å². The van der Waals surface area contributed by atoms with Crippen molar-refractivity contribution in [3.8, 4) is 5.75 Å². The summed E-state index contributed by atoms with van der Waals surface area (Å²) < 4.78 is 8.85. The molecule has 7 heteroatoms. The molecule has 0 spiro atoms. The molecule has 4 aromatic rings. The van der Waals surface area contributed by atoms with Gasteiger partial charge < -0.3 is 4.74 Å². The smallest absolute Gasteiger partial charge is 0.221 e. The number of aromatic nitrogens is 4. The first-order valence-electron chi connectivity index (χ1n) is 6.96. The molecule has 0 aliphatic carbocycles. The first kappa shape index (κ1) is 14.3. The monoisotopic (exact) mass is 386 g/mol. The third-order valence-electron chi connectivity index (χ3n) is 3.45. The molecule has 23 heavy (non-hydrogen) atoms. The van der Waals surface area contributed by atoms with Crippen molar-refractivity contribution in [1.82, 2.24) is 19.6 Å². The van der Waals surface area contributed by atoms with Crippen LogP contribution in [0.4, 0.5) is 0 Å². The molecule has 114 valence electrons. The Labute approximate surface area is 145 Å². The molecule has 0 atom stereocenters. The van der Waals surface area contributed by atoms with Crippen LogP contribution in [0.1, 0.15) is 5.82 Å². The molecular weight excluding hydrogens is 376 g/mol. The van der Waals surface area contributed by atoms with Crippen molar-refractivity contribution < 1.29 is 4.74 Å². The van der Waals surface area contributed by atoms with Crippen LogP contribution < -0.4 is 4.74 Å². The quantitative estimate of drug-likeness (QED) is 0.533. The van der Waals surface area contributed by atoms with Gasteiger partial charge in [-0.2, -0.15) is 0 Å². The molecule has 0 aliphatic rings. The predicted molar refractivity (Wildman–Crippen MR) is 94.2 cm³/mol. The molecule has 0 amide bonds. The predicted octanol–water partition coefficient (Wildman–Crippen LogP) is 4.28. The number of halogens is 1. The summed E-state index contributed by atoms with van der Waals surface area (Å²) in [5.74, 6) is 1.45. The third kappa shape index (κ3) is 2.62. The number of aromatic amines is 1. The minimum Gasteiger partial charge on any atom is -0.484 e. The van der Waals surface area contributed by atoms with E-state index in [0.717, 1.165) is 26.8 Å². The molecule has 0 unspecified atom stereocenters. The summed E-state index contributed by atoms with van der Waals surface area (Å²) in [5, 5.41) is 4.09. The van der Waals surface area contributed by atoms with E-state index in [2.05, 4.69) is 31.0 Å². The minimum atomic E-state index is 0.313. The molecule has 2 aromatic carbocycles. The number of para-hydroxylation sites is 2. The first-order valence-corrected chi connectivity index (χ1v) is 8.16. The van der Waals surface area contributed by atoms with Gasteiger partial charge in [0.2, 0.25) is 4.77 Å². The summed E-state index contributed by atoms with van der Waals surface area (Å²) in [5.41, 5.74) is 1.59. The zero-order chi connectivity index (χ0) is 15.8. The Balaban J connectivity index is 1.74. The summed E-state index contributed by atoms with van der Waals surface area (Å²) in [6.45, 7) is 0.313. The van der Waals surface area contributed by atoms with Gasteiger partial charge in [-0.15, -0.1) is 0 Å². The van der Waals surface area contributed by atoms with Crippen molar-refractivity contribution >= 4 is 44.7 Å².